The second-order valence-corrected chi connectivity index (χ2v) is 6.75. The van der Waals surface area contributed by atoms with Crippen LogP contribution in [0.15, 0.2) is 58.1 Å². The summed E-state index contributed by atoms with van der Waals surface area (Å²) >= 11 is 0. The lowest BCUT2D eigenvalue weighted by Crippen LogP contribution is -2.11. The lowest BCUT2D eigenvalue weighted by Gasteiger charge is -2.03. The number of H-pyrrole nitrogens is 1. The van der Waals surface area contributed by atoms with Crippen molar-refractivity contribution in [3.63, 3.8) is 0 Å². The van der Waals surface area contributed by atoms with E-state index in [1.165, 1.54) is 0 Å². The summed E-state index contributed by atoms with van der Waals surface area (Å²) in [6.45, 7) is 1.99. The minimum Gasteiger partial charge on any atom is -0.339 e. The smallest absolute Gasteiger partial charge is 0.259 e. The average molecular weight is 389 g/mol. The van der Waals surface area contributed by atoms with Crippen molar-refractivity contribution in [2.75, 3.05) is 5.32 Å². The molecular formula is C21H19N5O3. The summed E-state index contributed by atoms with van der Waals surface area (Å²) in [7, 11) is 0. The van der Waals surface area contributed by atoms with Crippen molar-refractivity contribution in [2.45, 2.75) is 26.2 Å². The molecular weight excluding hydrogens is 370 g/mol. The van der Waals surface area contributed by atoms with Crippen molar-refractivity contribution in [3.05, 3.63) is 70.6 Å². The summed E-state index contributed by atoms with van der Waals surface area (Å²) in [4.78, 5) is 35.4. The Kier molecular flexibility index (Phi) is 5.15. The molecule has 0 bridgehead atoms. The molecule has 1 aromatic carbocycles. The van der Waals surface area contributed by atoms with Crippen LogP contribution in [0.3, 0.4) is 0 Å². The molecule has 4 aromatic rings. The zero-order chi connectivity index (χ0) is 20.2. The van der Waals surface area contributed by atoms with Gasteiger partial charge >= 0.3 is 0 Å². The van der Waals surface area contributed by atoms with Crippen LogP contribution in [0.25, 0.3) is 22.3 Å². The molecule has 1 amide bonds. The summed E-state index contributed by atoms with van der Waals surface area (Å²) in [5.41, 5.74) is 2.64. The Hall–Kier alpha value is -3.81. The van der Waals surface area contributed by atoms with Gasteiger partial charge in [-0.05, 0) is 49.1 Å². The molecule has 3 heterocycles. The Labute approximate surface area is 166 Å². The van der Waals surface area contributed by atoms with Gasteiger partial charge < -0.3 is 14.8 Å². The van der Waals surface area contributed by atoms with Crippen molar-refractivity contribution >= 4 is 22.5 Å². The number of hydrogen-bond acceptors (Lipinski definition) is 6. The number of fused-ring (bicyclic) bond motifs is 1. The maximum absolute atomic E-state index is 12.4. The van der Waals surface area contributed by atoms with E-state index in [0.29, 0.717) is 36.4 Å². The van der Waals surface area contributed by atoms with Gasteiger partial charge in [-0.15, -0.1) is 0 Å². The molecule has 2 N–H and O–H groups in total. The first-order chi connectivity index (χ1) is 14.1. The van der Waals surface area contributed by atoms with Crippen LogP contribution in [0.4, 0.5) is 5.69 Å². The van der Waals surface area contributed by atoms with Gasteiger partial charge in [0, 0.05) is 36.4 Å². The van der Waals surface area contributed by atoms with Crippen LogP contribution in [0, 0.1) is 6.92 Å². The van der Waals surface area contributed by atoms with E-state index < -0.39 is 0 Å². The van der Waals surface area contributed by atoms with E-state index in [1.54, 1.807) is 30.6 Å². The molecule has 3 aromatic heterocycles. The normalized spacial score (nSPS) is 10.9. The number of aromatic amines is 1. The highest BCUT2D eigenvalue weighted by Gasteiger charge is 2.14. The standard InChI is InChI=1S/C21H19N5O3/c1-13-5-6-17-14(11-13)12-16(21(28)24-17)20-25-19(29-26-20)4-2-3-18(27)23-15-7-9-22-10-8-15/h5-12H,2-4H2,1H3,(H,24,28)(H,22,23,27). The van der Waals surface area contributed by atoms with Crippen LogP contribution in [-0.2, 0) is 11.2 Å². The number of anilines is 1. The number of rotatable bonds is 6. The summed E-state index contributed by atoms with van der Waals surface area (Å²) < 4.78 is 5.26. The molecule has 4 rings (SSSR count). The monoisotopic (exact) mass is 389 g/mol. The molecule has 0 unspecified atom stereocenters. The number of pyridine rings is 2. The first-order valence-corrected chi connectivity index (χ1v) is 9.25. The second-order valence-electron chi connectivity index (χ2n) is 6.75. The topological polar surface area (TPSA) is 114 Å². The Balaban J connectivity index is 1.41. The average Bonchev–Trinajstić information content (AvgIpc) is 3.17. The van der Waals surface area contributed by atoms with Crippen LogP contribution in [0.2, 0.25) is 0 Å². The van der Waals surface area contributed by atoms with Gasteiger partial charge in [-0.3, -0.25) is 14.6 Å². The van der Waals surface area contributed by atoms with Gasteiger partial charge in [0.2, 0.25) is 17.6 Å². The third kappa shape index (κ3) is 4.37. The molecule has 0 aliphatic heterocycles. The molecule has 0 spiro atoms. The third-order valence-corrected chi connectivity index (χ3v) is 4.47. The number of amides is 1. The number of nitrogens with zero attached hydrogens (tertiary/aromatic N) is 3. The van der Waals surface area contributed by atoms with Crippen molar-refractivity contribution in [3.8, 4) is 11.4 Å². The Bertz CT molecular complexity index is 1210. The van der Waals surface area contributed by atoms with Crippen LogP contribution in [0.5, 0.6) is 0 Å². The van der Waals surface area contributed by atoms with E-state index in [-0.39, 0.29) is 17.3 Å². The minimum absolute atomic E-state index is 0.0997. The maximum Gasteiger partial charge on any atom is 0.259 e. The SMILES string of the molecule is Cc1ccc2[nH]c(=O)c(-c3noc(CCCC(=O)Nc4ccncc4)n3)cc2c1. The number of carbonyl (C=O) groups is 1. The minimum atomic E-state index is -0.273. The zero-order valence-electron chi connectivity index (χ0n) is 15.8. The van der Waals surface area contributed by atoms with Crippen LogP contribution in [-0.4, -0.2) is 26.0 Å². The number of nitrogens with one attached hydrogen (secondary N) is 2. The first kappa shape index (κ1) is 18.5. The Morgan fingerprint density at radius 2 is 2.00 bits per heavy atom. The Morgan fingerprint density at radius 1 is 1.17 bits per heavy atom. The van der Waals surface area contributed by atoms with Crippen molar-refractivity contribution in [1.29, 1.82) is 0 Å². The van der Waals surface area contributed by atoms with Gasteiger partial charge in [0.05, 0.1) is 5.56 Å². The van der Waals surface area contributed by atoms with E-state index >= 15 is 0 Å². The molecule has 0 saturated carbocycles. The van der Waals surface area contributed by atoms with Gasteiger partial charge in [-0.2, -0.15) is 4.98 Å². The summed E-state index contributed by atoms with van der Waals surface area (Å²) in [5.74, 6) is 0.531. The van der Waals surface area contributed by atoms with E-state index in [9.17, 15) is 9.59 Å². The Morgan fingerprint density at radius 3 is 2.83 bits per heavy atom. The zero-order valence-corrected chi connectivity index (χ0v) is 15.8. The largest absolute Gasteiger partial charge is 0.339 e. The number of aryl methyl sites for hydroxylation is 2. The summed E-state index contributed by atoms with van der Waals surface area (Å²) in [6, 6.07) is 11.0. The highest BCUT2D eigenvalue weighted by atomic mass is 16.5. The first-order valence-electron chi connectivity index (χ1n) is 9.25. The number of aromatic nitrogens is 4. The molecule has 0 saturated heterocycles. The predicted octanol–water partition coefficient (Wildman–Crippen LogP) is 3.24. The van der Waals surface area contributed by atoms with Gasteiger partial charge in [-0.1, -0.05) is 16.8 Å². The van der Waals surface area contributed by atoms with Gasteiger partial charge in [0.25, 0.3) is 5.56 Å². The van der Waals surface area contributed by atoms with Crippen LogP contribution in [0.1, 0.15) is 24.3 Å². The fourth-order valence-electron chi connectivity index (χ4n) is 3.02. The molecule has 8 nitrogen and oxygen atoms in total. The quantitative estimate of drug-likeness (QED) is 0.523. The predicted molar refractivity (Wildman–Crippen MR) is 108 cm³/mol. The summed E-state index contributed by atoms with van der Waals surface area (Å²) in [5, 5.41) is 7.63. The summed E-state index contributed by atoms with van der Waals surface area (Å²) in [6.07, 6.45) is 4.54. The van der Waals surface area contributed by atoms with Crippen molar-refractivity contribution < 1.29 is 9.32 Å². The molecule has 0 radical (unpaired) electrons. The maximum atomic E-state index is 12.4. The lowest BCUT2D eigenvalue weighted by atomic mass is 10.1. The molecule has 29 heavy (non-hydrogen) atoms. The number of benzene rings is 1. The molecule has 8 heteroatoms. The highest BCUT2D eigenvalue weighted by molar-refractivity contribution is 5.90. The molecule has 0 atom stereocenters. The molecule has 146 valence electrons. The highest BCUT2D eigenvalue weighted by Crippen LogP contribution is 2.19. The van der Waals surface area contributed by atoms with Gasteiger partial charge in [0.15, 0.2) is 0 Å². The second kappa shape index (κ2) is 8.05. The van der Waals surface area contributed by atoms with Gasteiger partial charge in [0.1, 0.15) is 0 Å². The van der Waals surface area contributed by atoms with E-state index in [2.05, 4.69) is 25.4 Å². The van der Waals surface area contributed by atoms with E-state index in [4.69, 9.17) is 4.52 Å². The third-order valence-electron chi connectivity index (χ3n) is 4.47. The lowest BCUT2D eigenvalue weighted by molar-refractivity contribution is -0.116. The number of carbonyl (C=O) groups excluding carboxylic acids is 1. The molecule has 0 aliphatic carbocycles. The fraction of sp³-hybridized carbons (Fsp3) is 0.190. The van der Waals surface area contributed by atoms with Crippen molar-refractivity contribution in [1.82, 2.24) is 20.1 Å². The number of hydrogen-bond donors (Lipinski definition) is 2. The van der Waals surface area contributed by atoms with Crippen LogP contribution >= 0.6 is 0 Å². The molecule has 0 fully saturated rings. The van der Waals surface area contributed by atoms with E-state index in [1.807, 2.05) is 25.1 Å². The molecule has 0 aliphatic rings. The van der Waals surface area contributed by atoms with Crippen LogP contribution < -0.4 is 10.9 Å². The van der Waals surface area contributed by atoms with Gasteiger partial charge in [-0.25, -0.2) is 0 Å². The van der Waals surface area contributed by atoms with E-state index in [0.717, 1.165) is 16.5 Å². The fourth-order valence-corrected chi connectivity index (χ4v) is 3.02. The van der Waals surface area contributed by atoms with Crippen molar-refractivity contribution in [2.24, 2.45) is 0 Å².